The molecule has 1 aromatic carbocycles. The fraction of sp³-hybridized carbons (Fsp3) is 0.364. The molecule has 0 aliphatic heterocycles. The van der Waals surface area contributed by atoms with E-state index in [9.17, 15) is 4.79 Å². The Morgan fingerprint density at radius 2 is 2.14 bits per heavy atom. The summed E-state index contributed by atoms with van der Waals surface area (Å²) in [5.74, 6) is 0.0378. The molecule has 14 heavy (non-hydrogen) atoms. The lowest BCUT2D eigenvalue weighted by Crippen LogP contribution is -2.33. The summed E-state index contributed by atoms with van der Waals surface area (Å²) in [6, 6.07) is 6.21. The summed E-state index contributed by atoms with van der Waals surface area (Å²) in [5, 5.41) is 2.93. The molecule has 1 amide bonds. The number of anilines is 1. The number of amides is 1. The van der Waals surface area contributed by atoms with Crippen molar-refractivity contribution in [3.8, 4) is 0 Å². The zero-order chi connectivity index (χ0) is 10.1. The van der Waals surface area contributed by atoms with Crippen LogP contribution in [0.4, 0.5) is 5.69 Å². The van der Waals surface area contributed by atoms with Gasteiger partial charge in [-0.15, -0.1) is 0 Å². The average Bonchev–Trinajstić information content (AvgIpc) is 2.44. The molecule has 1 atom stereocenters. The third-order valence-corrected chi connectivity index (χ3v) is 2.57. The Labute approximate surface area is 83.3 Å². The van der Waals surface area contributed by atoms with Gasteiger partial charge in [0, 0.05) is 18.7 Å². The van der Waals surface area contributed by atoms with Gasteiger partial charge in [0.05, 0.1) is 0 Å². The number of carbonyl (C=O) groups is 1. The fourth-order valence-electron chi connectivity index (χ4n) is 2.03. The summed E-state index contributed by atoms with van der Waals surface area (Å²) >= 11 is 0. The summed E-state index contributed by atoms with van der Waals surface area (Å²) in [6.07, 6.45) is 1.83. The highest BCUT2D eigenvalue weighted by Gasteiger charge is 2.21. The van der Waals surface area contributed by atoms with E-state index >= 15 is 0 Å². The summed E-state index contributed by atoms with van der Waals surface area (Å²) < 4.78 is 0. The van der Waals surface area contributed by atoms with Gasteiger partial charge in [-0.3, -0.25) is 4.79 Å². The molecule has 0 fully saturated rings. The fourth-order valence-corrected chi connectivity index (χ4v) is 2.03. The Hall–Kier alpha value is -1.51. The number of carbonyl (C=O) groups excluding carboxylic acids is 1. The normalized spacial score (nSPS) is 19.1. The maximum absolute atomic E-state index is 10.9. The first kappa shape index (κ1) is 9.06. The van der Waals surface area contributed by atoms with Crippen LogP contribution < -0.4 is 11.1 Å². The van der Waals surface area contributed by atoms with E-state index in [0.717, 1.165) is 18.5 Å². The first-order chi connectivity index (χ1) is 6.65. The lowest BCUT2D eigenvalue weighted by atomic mass is 10.1. The SMILES string of the molecule is CC(=O)N[C@@H]1Cc2ccc(N)cc2C1. The average molecular weight is 190 g/mol. The summed E-state index contributed by atoms with van der Waals surface area (Å²) in [6.45, 7) is 1.55. The predicted molar refractivity (Wildman–Crippen MR) is 55.9 cm³/mol. The lowest BCUT2D eigenvalue weighted by Gasteiger charge is -2.08. The zero-order valence-electron chi connectivity index (χ0n) is 8.21. The van der Waals surface area contributed by atoms with E-state index in [4.69, 9.17) is 5.73 Å². The van der Waals surface area contributed by atoms with Crippen molar-refractivity contribution < 1.29 is 4.79 Å². The van der Waals surface area contributed by atoms with Gasteiger partial charge in [0.15, 0.2) is 0 Å². The second kappa shape index (κ2) is 3.33. The third-order valence-electron chi connectivity index (χ3n) is 2.57. The van der Waals surface area contributed by atoms with Gasteiger partial charge in [0.25, 0.3) is 0 Å². The minimum Gasteiger partial charge on any atom is -0.399 e. The van der Waals surface area contributed by atoms with Crippen molar-refractivity contribution in [2.75, 3.05) is 5.73 Å². The van der Waals surface area contributed by atoms with Crippen molar-refractivity contribution in [3.63, 3.8) is 0 Å². The molecule has 74 valence electrons. The van der Waals surface area contributed by atoms with Crippen molar-refractivity contribution in [2.24, 2.45) is 0 Å². The molecule has 1 aliphatic carbocycles. The second-order valence-corrected chi connectivity index (χ2v) is 3.83. The second-order valence-electron chi connectivity index (χ2n) is 3.83. The zero-order valence-corrected chi connectivity index (χ0v) is 8.21. The van der Waals surface area contributed by atoms with E-state index in [2.05, 4.69) is 5.32 Å². The number of rotatable bonds is 1. The molecule has 0 aromatic heterocycles. The van der Waals surface area contributed by atoms with E-state index in [-0.39, 0.29) is 11.9 Å². The van der Waals surface area contributed by atoms with Crippen LogP contribution in [0.15, 0.2) is 18.2 Å². The molecule has 0 saturated carbocycles. The Morgan fingerprint density at radius 3 is 2.86 bits per heavy atom. The van der Waals surface area contributed by atoms with Gasteiger partial charge in [-0.1, -0.05) is 6.07 Å². The van der Waals surface area contributed by atoms with E-state index in [0.29, 0.717) is 0 Å². The van der Waals surface area contributed by atoms with Gasteiger partial charge in [0.1, 0.15) is 0 Å². The molecule has 1 aliphatic rings. The number of fused-ring (bicyclic) bond motifs is 1. The van der Waals surface area contributed by atoms with Crippen LogP contribution in [0.1, 0.15) is 18.1 Å². The van der Waals surface area contributed by atoms with Crippen molar-refractivity contribution in [3.05, 3.63) is 29.3 Å². The molecular formula is C11H14N2O. The van der Waals surface area contributed by atoms with Gasteiger partial charge in [0.2, 0.25) is 5.91 Å². The number of nitrogens with one attached hydrogen (secondary N) is 1. The molecule has 3 nitrogen and oxygen atoms in total. The molecule has 0 radical (unpaired) electrons. The Kier molecular flexibility index (Phi) is 2.15. The highest BCUT2D eigenvalue weighted by Crippen LogP contribution is 2.24. The van der Waals surface area contributed by atoms with Gasteiger partial charge in [-0.05, 0) is 36.1 Å². The van der Waals surface area contributed by atoms with Gasteiger partial charge in [-0.2, -0.15) is 0 Å². The minimum atomic E-state index is 0.0378. The number of nitrogen functional groups attached to an aromatic ring is 1. The number of hydrogen-bond donors (Lipinski definition) is 2. The number of benzene rings is 1. The molecule has 0 spiro atoms. The number of nitrogens with two attached hydrogens (primary N) is 1. The van der Waals surface area contributed by atoms with Crippen molar-refractivity contribution in [1.29, 1.82) is 0 Å². The highest BCUT2D eigenvalue weighted by atomic mass is 16.1. The van der Waals surface area contributed by atoms with Crippen molar-refractivity contribution >= 4 is 11.6 Å². The Balaban J connectivity index is 2.14. The Morgan fingerprint density at radius 1 is 1.43 bits per heavy atom. The molecule has 3 heteroatoms. The topological polar surface area (TPSA) is 55.1 Å². The van der Waals surface area contributed by atoms with Crippen LogP contribution in [-0.2, 0) is 17.6 Å². The van der Waals surface area contributed by atoms with Crippen LogP contribution in [0.25, 0.3) is 0 Å². The summed E-state index contributed by atoms with van der Waals surface area (Å²) in [4.78, 5) is 10.9. The monoisotopic (exact) mass is 190 g/mol. The van der Waals surface area contributed by atoms with E-state index in [1.165, 1.54) is 11.1 Å². The first-order valence-corrected chi connectivity index (χ1v) is 4.79. The standard InChI is InChI=1S/C11H14N2O/c1-7(14)13-11-5-8-2-3-10(12)4-9(8)6-11/h2-4,11H,5-6,12H2,1H3,(H,13,14)/t11-/m1/s1. The third kappa shape index (κ3) is 1.71. The van der Waals surface area contributed by atoms with Crippen LogP contribution in [0.5, 0.6) is 0 Å². The van der Waals surface area contributed by atoms with Crippen molar-refractivity contribution in [1.82, 2.24) is 5.32 Å². The van der Waals surface area contributed by atoms with Crippen molar-refractivity contribution in [2.45, 2.75) is 25.8 Å². The summed E-state index contributed by atoms with van der Waals surface area (Å²) in [5.41, 5.74) is 9.06. The van der Waals surface area contributed by atoms with Crippen LogP contribution >= 0.6 is 0 Å². The van der Waals surface area contributed by atoms with Crippen LogP contribution in [-0.4, -0.2) is 11.9 Å². The molecule has 3 N–H and O–H groups in total. The quantitative estimate of drug-likeness (QED) is 0.646. The summed E-state index contributed by atoms with van der Waals surface area (Å²) in [7, 11) is 0. The van der Waals surface area contributed by atoms with Crippen LogP contribution in [0, 0.1) is 0 Å². The van der Waals surface area contributed by atoms with E-state index in [1.54, 1.807) is 6.92 Å². The lowest BCUT2D eigenvalue weighted by molar-refractivity contribution is -0.119. The molecule has 2 rings (SSSR count). The molecule has 0 unspecified atom stereocenters. The maximum Gasteiger partial charge on any atom is 0.217 e. The molecular weight excluding hydrogens is 176 g/mol. The van der Waals surface area contributed by atoms with Gasteiger partial charge >= 0.3 is 0 Å². The van der Waals surface area contributed by atoms with Crippen LogP contribution in [0.3, 0.4) is 0 Å². The minimum absolute atomic E-state index is 0.0378. The highest BCUT2D eigenvalue weighted by molar-refractivity contribution is 5.73. The van der Waals surface area contributed by atoms with Gasteiger partial charge in [-0.25, -0.2) is 0 Å². The Bertz CT molecular complexity index is 374. The smallest absolute Gasteiger partial charge is 0.217 e. The largest absolute Gasteiger partial charge is 0.399 e. The predicted octanol–water partition coefficient (Wildman–Crippen LogP) is 0.872. The van der Waals surface area contributed by atoms with Crippen LogP contribution in [0.2, 0.25) is 0 Å². The first-order valence-electron chi connectivity index (χ1n) is 4.79. The molecule has 1 aromatic rings. The van der Waals surface area contributed by atoms with E-state index < -0.39 is 0 Å². The molecule has 0 saturated heterocycles. The maximum atomic E-state index is 10.9. The molecule has 0 heterocycles. The van der Waals surface area contributed by atoms with E-state index in [1.807, 2.05) is 18.2 Å². The number of hydrogen-bond acceptors (Lipinski definition) is 2. The molecule has 0 bridgehead atoms. The van der Waals surface area contributed by atoms with Gasteiger partial charge < -0.3 is 11.1 Å².